The van der Waals surface area contributed by atoms with Gasteiger partial charge < -0.3 is 4.74 Å². The van der Waals surface area contributed by atoms with Gasteiger partial charge in [-0.05, 0) is 41.5 Å². The van der Waals surface area contributed by atoms with Crippen LogP contribution in [0.3, 0.4) is 0 Å². The Bertz CT molecular complexity index is 606. The highest BCUT2D eigenvalue weighted by Crippen LogP contribution is 2.25. The second-order valence-electron chi connectivity index (χ2n) is 4.23. The van der Waals surface area contributed by atoms with Gasteiger partial charge >= 0.3 is 0 Å². The molecule has 0 aliphatic heterocycles. The van der Waals surface area contributed by atoms with Crippen LogP contribution in [0.5, 0.6) is 5.75 Å². The van der Waals surface area contributed by atoms with Crippen molar-refractivity contribution in [2.75, 3.05) is 7.11 Å². The van der Waals surface area contributed by atoms with Crippen molar-refractivity contribution in [2.24, 2.45) is 0 Å². The van der Waals surface area contributed by atoms with E-state index in [4.69, 9.17) is 16.3 Å². The lowest BCUT2D eigenvalue weighted by atomic mass is 10.1. The fraction of sp³-hybridized carbons (Fsp3) is 0.125. The Morgan fingerprint density at radius 2 is 1.65 bits per heavy atom. The zero-order chi connectivity index (χ0) is 14.5. The van der Waals surface area contributed by atoms with Crippen LogP contribution in [0.1, 0.15) is 23.1 Å². The number of hydrogen-bond acceptors (Lipinski definition) is 1. The van der Waals surface area contributed by atoms with E-state index in [1.54, 1.807) is 19.3 Å². The highest BCUT2D eigenvalue weighted by atomic mass is 35.5. The summed E-state index contributed by atoms with van der Waals surface area (Å²) in [6.45, 7) is 0. The lowest BCUT2D eigenvalue weighted by molar-refractivity contribution is 0.151. The first kappa shape index (κ1) is 14.5. The minimum Gasteiger partial charge on any atom is -0.497 e. The summed E-state index contributed by atoms with van der Waals surface area (Å²) in [4.78, 5) is 0. The smallest absolute Gasteiger partial charge is 0.263 e. The number of alkyl halides is 2. The van der Waals surface area contributed by atoms with E-state index in [1.807, 2.05) is 30.3 Å². The van der Waals surface area contributed by atoms with E-state index in [2.05, 4.69) is 0 Å². The summed E-state index contributed by atoms with van der Waals surface area (Å²) in [6, 6.07) is 11.8. The minimum atomic E-state index is -2.53. The molecule has 1 nitrogen and oxygen atoms in total. The molecule has 0 unspecified atom stereocenters. The van der Waals surface area contributed by atoms with Gasteiger partial charge in [0.25, 0.3) is 6.43 Å². The van der Waals surface area contributed by atoms with Crippen LogP contribution in [-0.2, 0) is 0 Å². The second-order valence-corrected chi connectivity index (χ2v) is 4.66. The van der Waals surface area contributed by atoms with E-state index in [0.717, 1.165) is 11.3 Å². The van der Waals surface area contributed by atoms with Crippen molar-refractivity contribution in [3.63, 3.8) is 0 Å². The summed E-state index contributed by atoms with van der Waals surface area (Å²) in [7, 11) is 1.60. The first-order chi connectivity index (χ1) is 9.58. The normalized spacial score (nSPS) is 11.2. The molecule has 104 valence electrons. The molecule has 0 aliphatic carbocycles. The molecule has 0 aromatic heterocycles. The Morgan fingerprint density at radius 3 is 2.25 bits per heavy atom. The fourth-order valence-electron chi connectivity index (χ4n) is 1.77. The van der Waals surface area contributed by atoms with Crippen molar-refractivity contribution in [3.8, 4) is 5.75 Å². The topological polar surface area (TPSA) is 9.23 Å². The monoisotopic (exact) mass is 294 g/mol. The summed E-state index contributed by atoms with van der Waals surface area (Å²) >= 11 is 5.83. The predicted octanol–water partition coefficient (Wildman–Crippen LogP) is 5.46. The molecule has 0 aliphatic rings. The Morgan fingerprint density at radius 1 is 1.00 bits per heavy atom. The average molecular weight is 295 g/mol. The van der Waals surface area contributed by atoms with E-state index in [0.29, 0.717) is 10.6 Å². The van der Waals surface area contributed by atoms with E-state index in [-0.39, 0.29) is 5.56 Å². The Kier molecular flexibility index (Phi) is 4.74. The van der Waals surface area contributed by atoms with E-state index in [9.17, 15) is 8.78 Å². The molecule has 2 aromatic carbocycles. The van der Waals surface area contributed by atoms with Crippen LogP contribution in [0.4, 0.5) is 8.78 Å². The highest BCUT2D eigenvalue weighted by molar-refractivity contribution is 6.30. The number of ether oxygens (including phenoxy) is 1. The summed E-state index contributed by atoms with van der Waals surface area (Å²) < 4.78 is 30.4. The highest BCUT2D eigenvalue weighted by Gasteiger charge is 2.08. The summed E-state index contributed by atoms with van der Waals surface area (Å²) in [5.41, 5.74) is 1.51. The summed E-state index contributed by atoms with van der Waals surface area (Å²) in [5.74, 6) is 0.768. The first-order valence-electron chi connectivity index (χ1n) is 5.99. The third-order valence-corrected chi connectivity index (χ3v) is 3.00. The number of benzene rings is 2. The zero-order valence-corrected chi connectivity index (χ0v) is 11.6. The van der Waals surface area contributed by atoms with Gasteiger partial charge in [-0.1, -0.05) is 35.9 Å². The largest absolute Gasteiger partial charge is 0.497 e. The van der Waals surface area contributed by atoms with Crippen molar-refractivity contribution < 1.29 is 13.5 Å². The van der Waals surface area contributed by atoms with Gasteiger partial charge in [0.2, 0.25) is 0 Å². The van der Waals surface area contributed by atoms with Crippen LogP contribution in [0.25, 0.3) is 12.2 Å². The van der Waals surface area contributed by atoms with E-state index in [1.165, 1.54) is 12.1 Å². The lowest BCUT2D eigenvalue weighted by Gasteiger charge is -2.03. The van der Waals surface area contributed by atoms with Crippen LogP contribution in [0.15, 0.2) is 42.5 Å². The molecule has 0 fully saturated rings. The fourth-order valence-corrected chi connectivity index (χ4v) is 2.02. The SMILES string of the molecule is COc1ccc(C=Cc2cc(Cl)cc(C(F)F)c2)cc1. The van der Waals surface area contributed by atoms with Gasteiger partial charge in [0.15, 0.2) is 0 Å². The first-order valence-corrected chi connectivity index (χ1v) is 6.37. The maximum absolute atomic E-state index is 12.7. The maximum atomic E-state index is 12.7. The van der Waals surface area contributed by atoms with Gasteiger partial charge in [-0.25, -0.2) is 8.78 Å². The van der Waals surface area contributed by atoms with Gasteiger partial charge in [-0.15, -0.1) is 0 Å². The quantitative estimate of drug-likeness (QED) is 0.681. The molecule has 0 atom stereocenters. The Hall–Kier alpha value is -1.87. The number of rotatable bonds is 4. The van der Waals surface area contributed by atoms with Crippen molar-refractivity contribution >= 4 is 23.8 Å². The minimum absolute atomic E-state index is 0.0770. The number of hydrogen-bond donors (Lipinski definition) is 0. The summed E-state index contributed by atoms with van der Waals surface area (Å²) in [5, 5.41) is 0.303. The lowest BCUT2D eigenvalue weighted by Crippen LogP contribution is -1.85. The van der Waals surface area contributed by atoms with E-state index < -0.39 is 6.43 Å². The maximum Gasteiger partial charge on any atom is 0.263 e. The van der Waals surface area contributed by atoms with Crippen LogP contribution in [0.2, 0.25) is 5.02 Å². The van der Waals surface area contributed by atoms with Crippen molar-refractivity contribution in [3.05, 3.63) is 64.2 Å². The predicted molar refractivity (Wildman–Crippen MR) is 78.3 cm³/mol. The molecule has 0 radical (unpaired) electrons. The van der Waals surface area contributed by atoms with Crippen LogP contribution in [-0.4, -0.2) is 7.11 Å². The molecule has 0 heterocycles. The molecular weight excluding hydrogens is 282 g/mol. The molecule has 4 heteroatoms. The molecule has 20 heavy (non-hydrogen) atoms. The third-order valence-electron chi connectivity index (χ3n) is 2.78. The van der Waals surface area contributed by atoms with Crippen molar-refractivity contribution in [1.29, 1.82) is 0 Å². The molecular formula is C16H13ClF2O. The van der Waals surface area contributed by atoms with Crippen LogP contribution >= 0.6 is 11.6 Å². The number of methoxy groups -OCH3 is 1. The molecule has 2 aromatic rings. The van der Waals surface area contributed by atoms with Gasteiger partial charge in [-0.2, -0.15) is 0 Å². The second kappa shape index (κ2) is 6.53. The summed E-state index contributed by atoms with van der Waals surface area (Å²) in [6.07, 6.45) is 1.06. The third kappa shape index (κ3) is 3.81. The van der Waals surface area contributed by atoms with Crippen LogP contribution in [0, 0.1) is 0 Å². The molecule has 2 rings (SSSR count). The van der Waals surface area contributed by atoms with Crippen LogP contribution < -0.4 is 4.74 Å². The van der Waals surface area contributed by atoms with Crippen molar-refractivity contribution in [1.82, 2.24) is 0 Å². The van der Waals surface area contributed by atoms with Gasteiger partial charge in [0.05, 0.1) is 7.11 Å². The van der Waals surface area contributed by atoms with E-state index >= 15 is 0 Å². The Balaban J connectivity index is 2.21. The van der Waals surface area contributed by atoms with Crippen molar-refractivity contribution in [2.45, 2.75) is 6.43 Å². The van der Waals surface area contributed by atoms with Gasteiger partial charge in [-0.3, -0.25) is 0 Å². The number of halogens is 3. The molecule has 0 saturated heterocycles. The standard InChI is InChI=1S/C16H13ClF2O/c1-20-15-6-4-11(5-7-15)2-3-12-8-13(16(18)19)10-14(17)9-12/h2-10,16H,1H3. The molecule has 0 spiro atoms. The molecule has 0 amide bonds. The Labute approximate surface area is 121 Å². The molecule has 0 bridgehead atoms. The molecule has 0 saturated carbocycles. The van der Waals surface area contributed by atoms with Gasteiger partial charge in [0.1, 0.15) is 5.75 Å². The van der Waals surface area contributed by atoms with Gasteiger partial charge in [0, 0.05) is 10.6 Å². The average Bonchev–Trinajstić information content (AvgIpc) is 2.45. The molecule has 0 N–H and O–H groups in total. The zero-order valence-electron chi connectivity index (χ0n) is 10.8.